The molecule has 0 aliphatic carbocycles. The van der Waals surface area contributed by atoms with Gasteiger partial charge in [-0.15, -0.1) is 0 Å². The number of carbonyl (C=O) groups is 1. The standard InChI is InChI=1S/C11H7ClN2O4/c1-18-11(15)8(6-13)4-7-5-9(14(16)17)2-3-10(7)12/h2-5H,1H3. The van der Waals surface area contributed by atoms with Crippen LogP contribution in [0.4, 0.5) is 5.69 Å². The highest BCUT2D eigenvalue weighted by molar-refractivity contribution is 6.32. The summed E-state index contributed by atoms with van der Waals surface area (Å²) < 4.78 is 4.39. The number of nitro groups is 1. The number of methoxy groups -OCH3 is 1. The number of nitrogens with zero attached hydrogens (tertiary/aromatic N) is 2. The topological polar surface area (TPSA) is 93.2 Å². The van der Waals surface area contributed by atoms with E-state index in [2.05, 4.69) is 4.74 Å². The van der Waals surface area contributed by atoms with Crippen molar-refractivity contribution in [1.29, 1.82) is 5.26 Å². The summed E-state index contributed by atoms with van der Waals surface area (Å²) in [4.78, 5) is 21.2. The number of ether oxygens (including phenoxy) is 1. The van der Waals surface area contributed by atoms with Crippen LogP contribution < -0.4 is 0 Å². The third-order valence-corrected chi connectivity index (χ3v) is 2.36. The first-order valence-corrected chi connectivity index (χ1v) is 5.01. The average Bonchev–Trinajstić information content (AvgIpc) is 2.36. The van der Waals surface area contributed by atoms with Gasteiger partial charge in [0.1, 0.15) is 11.6 Å². The molecule has 0 bridgehead atoms. The van der Waals surface area contributed by atoms with Crippen molar-refractivity contribution < 1.29 is 14.5 Å². The molecular weight excluding hydrogens is 260 g/mol. The third-order valence-electron chi connectivity index (χ3n) is 2.02. The van der Waals surface area contributed by atoms with E-state index in [1.54, 1.807) is 6.07 Å². The minimum absolute atomic E-state index is 0.187. The average molecular weight is 267 g/mol. The molecule has 1 aromatic rings. The predicted octanol–water partition coefficient (Wildman–Crippen LogP) is 2.33. The van der Waals surface area contributed by atoms with Gasteiger partial charge in [-0.3, -0.25) is 10.1 Å². The molecule has 0 saturated carbocycles. The van der Waals surface area contributed by atoms with Gasteiger partial charge in [0.25, 0.3) is 5.69 Å². The summed E-state index contributed by atoms with van der Waals surface area (Å²) in [6.07, 6.45) is 1.14. The lowest BCUT2D eigenvalue weighted by atomic mass is 10.1. The number of nitro benzene ring substituents is 1. The molecule has 0 heterocycles. The molecule has 0 N–H and O–H groups in total. The molecule has 1 aromatic carbocycles. The van der Waals surface area contributed by atoms with Crippen LogP contribution in [0.25, 0.3) is 6.08 Å². The number of hydrogen-bond acceptors (Lipinski definition) is 5. The maximum atomic E-state index is 11.2. The zero-order valence-electron chi connectivity index (χ0n) is 9.21. The molecular formula is C11H7ClN2O4. The molecule has 0 atom stereocenters. The molecule has 1 rings (SSSR count). The zero-order chi connectivity index (χ0) is 13.7. The number of halogens is 1. The highest BCUT2D eigenvalue weighted by atomic mass is 35.5. The number of nitriles is 1. The summed E-state index contributed by atoms with van der Waals surface area (Å²) in [6.45, 7) is 0. The number of hydrogen-bond donors (Lipinski definition) is 0. The fourth-order valence-corrected chi connectivity index (χ4v) is 1.33. The lowest BCUT2D eigenvalue weighted by molar-refractivity contribution is -0.384. The molecule has 0 aliphatic rings. The van der Waals surface area contributed by atoms with E-state index in [1.165, 1.54) is 18.2 Å². The number of carbonyl (C=O) groups excluding carboxylic acids is 1. The second-order valence-corrected chi connectivity index (χ2v) is 3.53. The van der Waals surface area contributed by atoms with Gasteiger partial charge in [-0.2, -0.15) is 5.26 Å². The quantitative estimate of drug-likeness (QED) is 0.275. The van der Waals surface area contributed by atoms with Crippen molar-refractivity contribution >= 4 is 29.3 Å². The van der Waals surface area contributed by atoms with Gasteiger partial charge < -0.3 is 4.74 Å². The van der Waals surface area contributed by atoms with E-state index in [-0.39, 0.29) is 21.8 Å². The fraction of sp³-hybridized carbons (Fsp3) is 0.0909. The number of rotatable bonds is 3. The maximum Gasteiger partial charge on any atom is 0.348 e. The Morgan fingerprint density at radius 2 is 2.28 bits per heavy atom. The Bertz CT molecular complexity index is 575. The van der Waals surface area contributed by atoms with E-state index in [0.717, 1.165) is 13.2 Å². The number of benzene rings is 1. The first kappa shape index (κ1) is 13.7. The largest absolute Gasteiger partial charge is 0.465 e. The van der Waals surface area contributed by atoms with Crippen molar-refractivity contribution in [3.05, 3.63) is 44.5 Å². The van der Waals surface area contributed by atoms with E-state index >= 15 is 0 Å². The number of esters is 1. The molecule has 0 aliphatic heterocycles. The van der Waals surface area contributed by atoms with E-state index in [1.807, 2.05) is 0 Å². The van der Waals surface area contributed by atoms with Crippen molar-refractivity contribution in [2.75, 3.05) is 7.11 Å². The van der Waals surface area contributed by atoms with Gasteiger partial charge in [0.05, 0.1) is 12.0 Å². The van der Waals surface area contributed by atoms with E-state index < -0.39 is 10.9 Å². The van der Waals surface area contributed by atoms with Crippen LogP contribution in [0.2, 0.25) is 5.02 Å². The fourth-order valence-electron chi connectivity index (χ4n) is 1.16. The molecule has 18 heavy (non-hydrogen) atoms. The molecule has 0 saturated heterocycles. The SMILES string of the molecule is COC(=O)C(C#N)=Cc1cc([N+](=O)[O-])ccc1Cl. The first-order valence-electron chi connectivity index (χ1n) is 4.63. The Labute approximate surface area is 107 Å². The van der Waals surface area contributed by atoms with Gasteiger partial charge in [-0.25, -0.2) is 4.79 Å². The maximum absolute atomic E-state index is 11.2. The molecule has 0 spiro atoms. The lowest BCUT2D eigenvalue weighted by Crippen LogP contribution is -2.02. The molecule has 0 fully saturated rings. The summed E-state index contributed by atoms with van der Waals surface area (Å²) in [7, 11) is 1.13. The van der Waals surface area contributed by atoms with Crippen LogP contribution in [-0.2, 0) is 9.53 Å². The van der Waals surface area contributed by atoms with Crippen molar-refractivity contribution in [2.24, 2.45) is 0 Å². The van der Waals surface area contributed by atoms with Crippen LogP contribution >= 0.6 is 11.6 Å². The van der Waals surface area contributed by atoms with Crippen LogP contribution in [0.5, 0.6) is 0 Å². The molecule has 0 unspecified atom stereocenters. The van der Waals surface area contributed by atoms with Gasteiger partial charge in [0.2, 0.25) is 0 Å². The summed E-state index contributed by atoms with van der Waals surface area (Å²) in [5, 5.41) is 19.5. The Kier molecular flexibility index (Phi) is 4.40. The molecule has 6 nitrogen and oxygen atoms in total. The summed E-state index contributed by atoms with van der Waals surface area (Å²) in [6, 6.07) is 5.35. The normalized spacial score (nSPS) is 10.6. The zero-order valence-corrected chi connectivity index (χ0v) is 9.97. The Morgan fingerprint density at radius 3 is 2.78 bits per heavy atom. The monoisotopic (exact) mass is 266 g/mol. The van der Waals surface area contributed by atoms with Crippen LogP contribution in [0, 0.1) is 21.4 Å². The number of non-ortho nitro benzene ring substituents is 1. The summed E-state index contributed by atoms with van der Waals surface area (Å²) >= 11 is 5.82. The van der Waals surface area contributed by atoms with E-state index in [9.17, 15) is 14.9 Å². The van der Waals surface area contributed by atoms with Crippen LogP contribution in [0.1, 0.15) is 5.56 Å². The van der Waals surface area contributed by atoms with Crippen LogP contribution in [0.3, 0.4) is 0 Å². The lowest BCUT2D eigenvalue weighted by Gasteiger charge is -2.00. The van der Waals surface area contributed by atoms with Crippen molar-refractivity contribution in [2.45, 2.75) is 0 Å². The molecule has 0 aromatic heterocycles. The minimum Gasteiger partial charge on any atom is -0.465 e. The van der Waals surface area contributed by atoms with Crippen molar-refractivity contribution in [3.8, 4) is 6.07 Å². The third kappa shape index (κ3) is 3.06. The Hall–Kier alpha value is -2.39. The minimum atomic E-state index is -0.833. The molecule has 0 amide bonds. The molecule has 0 radical (unpaired) electrons. The second-order valence-electron chi connectivity index (χ2n) is 3.12. The Balaban J connectivity index is 3.29. The Morgan fingerprint density at radius 1 is 1.61 bits per heavy atom. The predicted molar refractivity (Wildman–Crippen MR) is 63.7 cm³/mol. The van der Waals surface area contributed by atoms with Crippen LogP contribution in [-0.4, -0.2) is 18.0 Å². The van der Waals surface area contributed by atoms with E-state index in [0.29, 0.717) is 0 Å². The van der Waals surface area contributed by atoms with Crippen molar-refractivity contribution in [3.63, 3.8) is 0 Å². The second kappa shape index (κ2) is 5.80. The molecule has 92 valence electrons. The van der Waals surface area contributed by atoms with Gasteiger partial charge >= 0.3 is 5.97 Å². The van der Waals surface area contributed by atoms with Crippen molar-refractivity contribution in [1.82, 2.24) is 0 Å². The van der Waals surface area contributed by atoms with Gasteiger partial charge in [-0.1, -0.05) is 11.6 Å². The highest BCUT2D eigenvalue weighted by Gasteiger charge is 2.12. The van der Waals surface area contributed by atoms with Gasteiger partial charge in [-0.05, 0) is 12.1 Å². The van der Waals surface area contributed by atoms with E-state index in [4.69, 9.17) is 16.9 Å². The van der Waals surface area contributed by atoms with Gasteiger partial charge in [0.15, 0.2) is 0 Å². The smallest absolute Gasteiger partial charge is 0.348 e. The summed E-state index contributed by atoms with van der Waals surface area (Å²) in [5.41, 5.74) is -0.277. The first-order chi connectivity index (χ1) is 8.49. The summed E-state index contributed by atoms with van der Waals surface area (Å²) in [5.74, 6) is -0.833. The van der Waals surface area contributed by atoms with Crippen LogP contribution in [0.15, 0.2) is 23.8 Å². The molecule has 7 heteroatoms. The van der Waals surface area contributed by atoms with Gasteiger partial charge in [0, 0.05) is 22.7 Å². The highest BCUT2D eigenvalue weighted by Crippen LogP contribution is 2.24.